The zero-order chi connectivity index (χ0) is 7.26. The molecule has 2 bridgehead atoms. The predicted molar refractivity (Wildman–Crippen MR) is 43.8 cm³/mol. The van der Waals surface area contributed by atoms with Crippen LogP contribution in [-0.4, -0.2) is 13.1 Å². The third-order valence-corrected chi connectivity index (χ3v) is 2.66. The van der Waals surface area contributed by atoms with E-state index in [9.17, 15) is 0 Å². The van der Waals surface area contributed by atoms with Crippen molar-refractivity contribution >= 4 is 0 Å². The molecule has 1 fully saturated rings. The monoisotopic (exact) mass is 146 g/mol. The topological polar surface area (TPSA) is 24.1 Å². The van der Waals surface area contributed by atoms with E-state index in [0.29, 0.717) is 0 Å². The number of hydrazine groups is 1. The molecule has 56 valence electrons. The van der Waals surface area contributed by atoms with Crippen LogP contribution in [0, 0.1) is 0 Å². The zero-order valence-corrected chi connectivity index (χ0v) is 6.28. The molecule has 0 atom stereocenters. The van der Waals surface area contributed by atoms with Crippen molar-refractivity contribution in [3.05, 3.63) is 34.4 Å². The van der Waals surface area contributed by atoms with E-state index in [0.717, 1.165) is 13.1 Å². The van der Waals surface area contributed by atoms with Gasteiger partial charge in [0.2, 0.25) is 0 Å². The van der Waals surface area contributed by atoms with E-state index < -0.39 is 0 Å². The highest BCUT2D eigenvalue weighted by molar-refractivity contribution is 5.61. The highest BCUT2D eigenvalue weighted by Crippen LogP contribution is 2.38. The van der Waals surface area contributed by atoms with Gasteiger partial charge in [0.1, 0.15) is 0 Å². The molecule has 0 aromatic carbocycles. The summed E-state index contributed by atoms with van der Waals surface area (Å²) >= 11 is 0. The fourth-order valence-electron chi connectivity index (χ4n) is 2.07. The molecule has 0 unspecified atom stereocenters. The van der Waals surface area contributed by atoms with Crippen LogP contribution in [0.2, 0.25) is 0 Å². The fourth-order valence-corrected chi connectivity index (χ4v) is 2.07. The van der Waals surface area contributed by atoms with Gasteiger partial charge in [-0.05, 0) is 28.7 Å². The van der Waals surface area contributed by atoms with Crippen molar-refractivity contribution < 1.29 is 0 Å². The lowest BCUT2D eigenvalue weighted by Gasteiger charge is -2.20. The van der Waals surface area contributed by atoms with Gasteiger partial charge in [-0.25, -0.2) is 0 Å². The highest BCUT2D eigenvalue weighted by Gasteiger charge is 2.26. The summed E-state index contributed by atoms with van der Waals surface area (Å²) in [6.07, 6.45) is 5.69. The van der Waals surface area contributed by atoms with Gasteiger partial charge < -0.3 is 0 Å². The van der Waals surface area contributed by atoms with Crippen LogP contribution in [0.15, 0.2) is 34.4 Å². The normalized spacial score (nSPS) is 26.9. The Bertz CT molecular complexity index is 278. The zero-order valence-electron chi connectivity index (χ0n) is 6.28. The van der Waals surface area contributed by atoms with Crippen molar-refractivity contribution in [2.45, 2.75) is 6.42 Å². The SMILES string of the molecule is C1=CC2=C3CNNCC3=C1C2. The van der Waals surface area contributed by atoms with Crippen LogP contribution in [0.25, 0.3) is 0 Å². The lowest BCUT2D eigenvalue weighted by atomic mass is 10.0. The molecule has 0 aromatic rings. The van der Waals surface area contributed by atoms with Gasteiger partial charge in [-0.2, -0.15) is 0 Å². The Labute approximate surface area is 65.6 Å². The molecule has 2 N–H and O–H groups in total. The lowest BCUT2D eigenvalue weighted by Crippen LogP contribution is -2.40. The Morgan fingerprint density at radius 1 is 0.909 bits per heavy atom. The summed E-state index contributed by atoms with van der Waals surface area (Å²) < 4.78 is 0. The molecule has 1 aliphatic heterocycles. The van der Waals surface area contributed by atoms with E-state index in [4.69, 9.17) is 0 Å². The molecule has 0 aromatic heterocycles. The summed E-state index contributed by atoms with van der Waals surface area (Å²) in [5, 5.41) is 0. The van der Waals surface area contributed by atoms with Gasteiger partial charge in [0.15, 0.2) is 0 Å². The number of rotatable bonds is 0. The van der Waals surface area contributed by atoms with E-state index in [2.05, 4.69) is 23.0 Å². The maximum Gasteiger partial charge on any atom is 0.0357 e. The van der Waals surface area contributed by atoms with E-state index in [1.54, 1.807) is 11.1 Å². The first kappa shape index (κ1) is 5.75. The van der Waals surface area contributed by atoms with E-state index in [1.165, 1.54) is 17.6 Å². The average molecular weight is 146 g/mol. The molecule has 0 saturated carbocycles. The van der Waals surface area contributed by atoms with Crippen LogP contribution < -0.4 is 10.9 Å². The minimum absolute atomic E-state index is 0.999. The smallest absolute Gasteiger partial charge is 0.0357 e. The van der Waals surface area contributed by atoms with E-state index in [-0.39, 0.29) is 0 Å². The van der Waals surface area contributed by atoms with Crippen LogP contribution in [0.5, 0.6) is 0 Å². The molecule has 2 nitrogen and oxygen atoms in total. The summed E-state index contributed by atoms with van der Waals surface area (Å²) in [5.41, 5.74) is 12.5. The van der Waals surface area contributed by atoms with Crippen LogP contribution in [0.3, 0.4) is 0 Å². The molecule has 3 aliphatic rings. The van der Waals surface area contributed by atoms with Crippen LogP contribution in [-0.2, 0) is 0 Å². The van der Waals surface area contributed by atoms with Crippen LogP contribution in [0.1, 0.15) is 6.42 Å². The van der Waals surface area contributed by atoms with E-state index in [1.807, 2.05) is 0 Å². The number of hydrogen-bond donors (Lipinski definition) is 2. The van der Waals surface area contributed by atoms with Gasteiger partial charge in [0.05, 0.1) is 0 Å². The first-order valence-electron chi connectivity index (χ1n) is 4.03. The quantitative estimate of drug-likeness (QED) is 0.524. The number of hydrogen-bond acceptors (Lipinski definition) is 2. The first-order valence-corrected chi connectivity index (χ1v) is 4.03. The van der Waals surface area contributed by atoms with Gasteiger partial charge in [0.25, 0.3) is 0 Å². The second kappa shape index (κ2) is 1.84. The molecule has 0 radical (unpaired) electrons. The van der Waals surface area contributed by atoms with Crippen molar-refractivity contribution in [3.8, 4) is 0 Å². The Hall–Kier alpha value is -0.860. The van der Waals surface area contributed by atoms with E-state index >= 15 is 0 Å². The minimum Gasteiger partial charge on any atom is -0.253 e. The van der Waals surface area contributed by atoms with Gasteiger partial charge in [-0.15, -0.1) is 0 Å². The molecule has 2 heteroatoms. The third kappa shape index (κ3) is 0.633. The Kier molecular flexibility index (Phi) is 0.962. The number of nitrogens with one attached hydrogen (secondary N) is 2. The van der Waals surface area contributed by atoms with Crippen molar-refractivity contribution in [1.29, 1.82) is 0 Å². The summed E-state index contributed by atoms with van der Waals surface area (Å²) in [7, 11) is 0. The number of fused-ring (bicyclic) bond motifs is 3. The maximum absolute atomic E-state index is 3.17. The van der Waals surface area contributed by atoms with Crippen molar-refractivity contribution in [2.24, 2.45) is 0 Å². The van der Waals surface area contributed by atoms with Crippen molar-refractivity contribution in [1.82, 2.24) is 10.9 Å². The van der Waals surface area contributed by atoms with Crippen molar-refractivity contribution in [2.75, 3.05) is 13.1 Å². The Balaban J connectivity index is 2.17. The molecule has 0 spiro atoms. The molecular weight excluding hydrogens is 136 g/mol. The third-order valence-electron chi connectivity index (χ3n) is 2.66. The number of allylic oxidation sites excluding steroid dienone is 4. The first-order chi connectivity index (χ1) is 5.45. The largest absolute Gasteiger partial charge is 0.253 e. The van der Waals surface area contributed by atoms with Crippen LogP contribution >= 0.6 is 0 Å². The fraction of sp³-hybridized carbons (Fsp3) is 0.333. The molecule has 0 amide bonds. The van der Waals surface area contributed by atoms with Gasteiger partial charge in [-0.3, -0.25) is 10.9 Å². The van der Waals surface area contributed by atoms with Gasteiger partial charge in [-0.1, -0.05) is 12.2 Å². The molecule has 3 rings (SSSR count). The standard InChI is InChI=1S/C9H10N2/c1-2-7-3-6(1)8-4-10-11-5-9(7)8/h1-2,10-11H,3-5H2. The Morgan fingerprint density at radius 3 is 2.00 bits per heavy atom. The summed E-state index contributed by atoms with van der Waals surface area (Å²) in [6, 6.07) is 0. The highest BCUT2D eigenvalue weighted by atomic mass is 15.4. The molecular formula is C9H10N2. The predicted octanol–water partition coefficient (Wildman–Crippen LogP) is 0.661. The second-order valence-corrected chi connectivity index (χ2v) is 3.22. The summed E-state index contributed by atoms with van der Waals surface area (Å²) in [4.78, 5) is 0. The van der Waals surface area contributed by atoms with Crippen LogP contribution in [0.4, 0.5) is 0 Å². The van der Waals surface area contributed by atoms with Crippen molar-refractivity contribution in [3.63, 3.8) is 0 Å². The molecule has 11 heavy (non-hydrogen) atoms. The lowest BCUT2D eigenvalue weighted by molar-refractivity contribution is 0.559. The maximum atomic E-state index is 3.17. The average Bonchev–Trinajstić information content (AvgIpc) is 2.64. The van der Waals surface area contributed by atoms with Gasteiger partial charge in [0, 0.05) is 13.1 Å². The summed E-state index contributed by atoms with van der Waals surface area (Å²) in [5.74, 6) is 0. The minimum atomic E-state index is 0.999. The summed E-state index contributed by atoms with van der Waals surface area (Å²) in [6.45, 7) is 2.00. The van der Waals surface area contributed by atoms with Gasteiger partial charge >= 0.3 is 0 Å². The molecule has 2 aliphatic carbocycles. The molecule has 1 saturated heterocycles. The second-order valence-electron chi connectivity index (χ2n) is 3.22. The molecule has 1 heterocycles. The Morgan fingerprint density at radius 2 is 1.45 bits per heavy atom.